The second-order valence-corrected chi connectivity index (χ2v) is 8.95. The molecular formula is C15H24N4O4S. The van der Waals surface area contributed by atoms with Gasteiger partial charge in [0.1, 0.15) is 5.82 Å². The van der Waals surface area contributed by atoms with Gasteiger partial charge in [0.05, 0.1) is 11.7 Å². The number of carboxylic acids is 1. The van der Waals surface area contributed by atoms with Crippen molar-refractivity contribution in [2.75, 3.05) is 39.0 Å². The molecule has 1 N–H and O–H groups in total. The van der Waals surface area contributed by atoms with Crippen molar-refractivity contribution in [3.8, 4) is 0 Å². The molecule has 0 amide bonds. The van der Waals surface area contributed by atoms with E-state index in [9.17, 15) is 18.3 Å². The highest BCUT2D eigenvalue weighted by Crippen LogP contribution is 2.43. The quantitative estimate of drug-likeness (QED) is 0.762. The molecule has 0 aliphatic carbocycles. The lowest BCUT2D eigenvalue weighted by atomic mass is 9.81. The summed E-state index contributed by atoms with van der Waals surface area (Å²) in [6, 6.07) is 0. The Hall–Kier alpha value is -1.45. The van der Waals surface area contributed by atoms with E-state index in [1.807, 2.05) is 13.1 Å². The minimum absolute atomic E-state index is 0.0863. The van der Waals surface area contributed by atoms with E-state index in [4.69, 9.17) is 0 Å². The molecular weight excluding hydrogens is 332 g/mol. The molecule has 1 aromatic heterocycles. The zero-order valence-electron chi connectivity index (χ0n) is 14.1. The molecule has 24 heavy (non-hydrogen) atoms. The van der Waals surface area contributed by atoms with E-state index in [-0.39, 0.29) is 12.5 Å². The van der Waals surface area contributed by atoms with Gasteiger partial charge in [-0.1, -0.05) is 0 Å². The molecule has 2 atom stereocenters. The van der Waals surface area contributed by atoms with Crippen molar-refractivity contribution in [2.45, 2.75) is 19.9 Å². The highest BCUT2D eigenvalue weighted by Gasteiger charge is 2.58. The smallest absolute Gasteiger partial charge is 0.312 e. The predicted molar refractivity (Wildman–Crippen MR) is 88.0 cm³/mol. The molecule has 2 fully saturated rings. The van der Waals surface area contributed by atoms with Crippen molar-refractivity contribution in [3.63, 3.8) is 0 Å². The van der Waals surface area contributed by atoms with Gasteiger partial charge in [0.25, 0.3) is 0 Å². The van der Waals surface area contributed by atoms with Crippen LogP contribution in [0.4, 0.5) is 0 Å². The van der Waals surface area contributed by atoms with Crippen molar-refractivity contribution in [1.29, 1.82) is 0 Å². The van der Waals surface area contributed by atoms with Gasteiger partial charge in [0.2, 0.25) is 10.0 Å². The van der Waals surface area contributed by atoms with E-state index in [2.05, 4.69) is 14.5 Å². The molecule has 8 nitrogen and oxygen atoms in total. The second kappa shape index (κ2) is 6.12. The van der Waals surface area contributed by atoms with Crippen LogP contribution in [0.15, 0.2) is 12.4 Å². The summed E-state index contributed by atoms with van der Waals surface area (Å²) in [7, 11) is -3.34. The second-order valence-electron chi connectivity index (χ2n) is 6.97. The van der Waals surface area contributed by atoms with Crippen LogP contribution in [0.3, 0.4) is 0 Å². The van der Waals surface area contributed by atoms with Gasteiger partial charge in [0.15, 0.2) is 0 Å². The van der Waals surface area contributed by atoms with Crippen LogP contribution in [-0.2, 0) is 21.4 Å². The Morgan fingerprint density at radius 2 is 2.12 bits per heavy atom. The molecule has 0 saturated carbocycles. The number of sulfonamides is 1. The number of hydrogen-bond donors (Lipinski definition) is 1. The summed E-state index contributed by atoms with van der Waals surface area (Å²) in [5, 5.41) is 9.73. The lowest BCUT2D eigenvalue weighted by Crippen LogP contribution is -2.42. The first-order valence-corrected chi connectivity index (χ1v) is 9.96. The van der Waals surface area contributed by atoms with E-state index < -0.39 is 21.4 Å². The summed E-state index contributed by atoms with van der Waals surface area (Å²) in [5.41, 5.74) is -0.964. The average Bonchev–Trinajstić information content (AvgIpc) is 3.11. The zero-order valence-corrected chi connectivity index (χ0v) is 14.9. The number of hydrogen-bond acceptors (Lipinski definition) is 5. The van der Waals surface area contributed by atoms with Gasteiger partial charge in [-0.05, 0) is 19.9 Å². The fourth-order valence-electron chi connectivity index (χ4n) is 3.95. The molecule has 134 valence electrons. The summed E-state index contributed by atoms with van der Waals surface area (Å²) in [5.74, 6) is -0.0506. The summed E-state index contributed by atoms with van der Waals surface area (Å²) in [4.78, 5) is 18.2. The third kappa shape index (κ3) is 3.07. The van der Waals surface area contributed by atoms with Crippen molar-refractivity contribution in [2.24, 2.45) is 11.3 Å². The number of rotatable bonds is 6. The lowest BCUT2D eigenvalue weighted by molar-refractivity contribution is -0.148. The molecule has 2 aliphatic rings. The Kier molecular flexibility index (Phi) is 4.43. The third-order valence-electron chi connectivity index (χ3n) is 5.34. The number of aromatic nitrogens is 2. The van der Waals surface area contributed by atoms with Crippen LogP contribution in [0.25, 0.3) is 0 Å². The van der Waals surface area contributed by atoms with Crippen molar-refractivity contribution < 1.29 is 18.3 Å². The van der Waals surface area contributed by atoms with Gasteiger partial charge in [-0.3, -0.25) is 4.79 Å². The monoisotopic (exact) mass is 356 g/mol. The molecule has 3 rings (SSSR count). The zero-order chi connectivity index (χ0) is 17.5. The van der Waals surface area contributed by atoms with E-state index in [1.165, 1.54) is 4.31 Å². The maximum absolute atomic E-state index is 11.9. The summed E-state index contributed by atoms with van der Waals surface area (Å²) < 4.78 is 26.9. The number of aliphatic carboxylic acids is 1. The van der Waals surface area contributed by atoms with Crippen LogP contribution in [0.5, 0.6) is 0 Å². The number of aryl methyl sites for hydroxylation is 2. The van der Waals surface area contributed by atoms with Gasteiger partial charge < -0.3 is 14.6 Å². The van der Waals surface area contributed by atoms with Crippen LogP contribution in [-0.4, -0.2) is 77.2 Å². The summed E-state index contributed by atoms with van der Waals surface area (Å²) >= 11 is 0. The minimum atomic E-state index is -3.34. The summed E-state index contributed by atoms with van der Waals surface area (Å²) in [6.07, 6.45) is 5.77. The van der Waals surface area contributed by atoms with E-state index in [0.29, 0.717) is 19.6 Å². The first-order chi connectivity index (χ1) is 11.2. The molecule has 0 aromatic carbocycles. The molecule has 1 aromatic rings. The molecule has 0 radical (unpaired) electrons. The minimum Gasteiger partial charge on any atom is -0.481 e. The highest BCUT2D eigenvalue weighted by atomic mass is 32.2. The Morgan fingerprint density at radius 3 is 2.67 bits per heavy atom. The molecule has 0 spiro atoms. The van der Waals surface area contributed by atoms with Gasteiger partial charge in [0, 0.05) is 51.0 Å². The van der Waals surface area contributed by atoms with Gasteiger partial charge in [-0.15, -0.1) is 0 Å². The fraction of sp³-hybridized carbons (Fsp3) is 0.733. The predicted octanol–water partition coefficient (Wildman–Crippen LogP) is -0.140. The maximum Gasteiger partial charge on any atom is 0.312 e. The molecule has 9 heteroatoms. The van der Waals surface area contributed by atoms with Crippen molar-refractivity contribution >= 4 is 16.0 Å². The normalized spacial score (nSPS) is 28.3. The number of carboxylic acid groups (broad SMARTS) is 1. The molecule has 2 saturated heterocycles. The van der Waals surface area contributed by atoms with Gasteiger partial charge in [-0.2, -0.15) is 0 Å². The molecule has 2 aliphatic heterocycles. The first kappa shape index (κ1) is 17.4. The Morgan fingerprint density at radius 1 is 1.38 bits per heavy atom. The topological polar surface area (TPSA) is 95.7 Å². The van der Waals surface area contributed by atoms with Crippen LogP contribution in [0, 0.1) is 18.3 Å². The van der Waals surface area contributed by atoms with Crippen LogP contribution < -0.4 is 0 Å². The third-order valence-corrected chi connectivity index (χ3v) is 6.56. The molecule has 0 unspecified atom stereocenters. The number of likely N-dealkylation sites (tertiary alicyclic amines) is 1. The number of nitrogens with zero attached hydrogens (tertiary/aromatic N) is 4. The average molecular weight is 356 g/mol. The van der Waals surface area contributed by atoms with E-state index >= 15 is 0 Å². The van der Waals surface area contributed by atoms with Crippen LogP contribution in [0.2, 0.25) is 0 Å². The molecule has 0 bridgehead atoms. The highest BCUT2D eigenvalue weighted by molar-refractivity contribution is 7.88. The van der Waals surface area contributed by atoms with Crippen LogP contribution in [0.1, 0.15) is 12.2 Å². The number of fused-ring (bicyclic) bond motifs is 1. The lowest BCUT2D eigenvalue weighted by Gasteiger charge is -2.24. The fourth-order valence-corrected chi connectivity index (χ4v) is 4.87. The summed E-state index contributed by atoms with van der Waals surface area (Å²) in [6.45, 7) is 5.07. The Bertz CT molecular complexity index is 732. The van der Waals surface area contributed by atoms with E-state index in [1.54, 1.807) is 6.20 Å². The standard InChI is InChI=1S/C15H24N4O4S/c1-12-16-4-7-18(12)6-3-5-17-8-13-9-19(24(2,22)23)11-15(13,10-17)14(20)21/h4,7,13H,3,5-6,8-11H2,1-2H3,(H,20,21)/t13-,15-/m1/s1. The van der Waals surface area contributed by atoms with Gasteiger partial charge in [-0.25, -0.2) is 17.7 Å². The largest absolute Gasteiger partial charge is 0.481 e. The van der Waals surface area contributed by atoms with Crippen molar-refractivity contribution in [1.82, 2.24) is 18.8 Å². The Balaban J connectivity index is 1.61. The van der Waals surface area contributed by atoms with Crippen LogP contribution >= 0.6 is 0 Å². The van der Waals surface area contributed by atoms with Gasteiger partial charge >= 0.3 is 5.97 Å². The maximum atomic E-state index is 11.9. The number of carbonyl (C=O) groups is 1. The van der Waals surface area contributed by atoms with Crippen molar-refractivity contribution in [3.05, 3.63) is 18.2 Å². The number of imidazole rings is 1. The molecule has 3 heterocycles. The van der Waals surface area contributed by atoms with E-state index in [0.717, 1.165) is 31.6 Å². The Labute approximate surface area is 142 Å². The first-order valence-electron chi connectivity index (χ1n) is 8.11. The SMILES string of the molecule is Cc1nccn1CCCN1C[C@@H]2CN(S(C)(=O)=O)C[C@]2(C(=O)O)C1.